The molecule has 6 nitrogen and oxygen atoms in total. The second-order valence-electron chi connectivity index (χ2n) is 22.0. The zero-order valence-electron chi connectivity index (χ0n) is 49.2. The number of rotatable bonds is 60. The summed E-state index contributed by atoms with van der Waals surface area (Å²) < 4.78 is 17.0. The van der Waals surface area contributed by atoms with E-state index in [0.29, 0.717) is 19.3 Å². The van der Waals surface area contributed by atoms with E-state index in [0.717, 1.165) is 57.8 Å². The van der Waals surface area contributed by atoms with Crippen molar-refractivity contribution < 1.29 is 28.6 Å². The average molecular weight is 1030 g/mol. The lowest BCUT2D eigenvalue weighted by Crippen LogP contribution is -2.30. The van der Waals surface area contributed by atoms with Crippen molar-refractivity contribution in [2.75, 3.05) is 13.2 Å². The minimum atomic E-state index is -0.775. The van der Waals surface area contributed by atoms with Gasteiger partial charge in [0.2, 0.25) is 0 Å². The smallest absolute Gasteiger partial charge is 0.306 e. The van der Waals surface area contributed by atoms with Gasteiger partial charge in [0, 0.05) is 19.3 Å². The number of hydrogen-bond donors (Lipinski definition) is 0. The largest absolute Gasteiger partial charge is 0.462 e. The Balaban J connectivity index is 4.34. The second kappa shape index (κ2) is 62.2. The molecule has 0 heterocycles. The summed E-state index contributed by atoms with van der Waals surface area (Å²) >= 11 is 0. The molecule has 0 aromatic carbocycles. The van der Waals surface area contributed by atoms with Gasteiger partial charge in [0.05, 0.1) is 0 Å². The van der Waals surface area contributed by atoms with Crippen LogP contribution < -0.4 is 0 Å². The number of hydrogen-bond acceptors (Lipinski definition) is 6. The van der Waals surface area contributed by atoms with Crippen LogP contribution in [0.1, 0.15) is 355 Å². The summed E-state index contributed by atoms with van der Waals surface area (Å²) in [5, 5.41) is 0. The molecule has 0 saturated heterocycles. The van der Waals surface area contributed by atoms with Crippen LogP contribution in [0.3, 0.4) is 0 Å². The van der Waals surface area contributed by atoms with Crippen molar-refractivity contribution in [1.82, 2.24) is 0 Å². The second-order valence-corrected chi connectivity index (χ2v) is 22.0. The minimum absolute atomic E-state index is 0.0725. The Labute approximate surface area is 455 Å². The molecule has 0 aliphatic heterocycles. The summed E-state index contributed by atoms with van der Waals surface area (Å²) in [4.78, 5) is 38.3. The Kier molecular flexibility index (Phi) is 60.2. The summed E-state index contributed by atoms with van der Waals surface area (Å²) in [6.45, 7) is 6.68. The molecule has 6 heteroatoms. The number of carbonyl (C=O) groups is 3. The van der Waals surface area contributed by atoms with Crippen LogP contribution in [0.2, 0.25) is 0 Å². The van der Waals surface area contributed by atoms with Gasteiger partial charge in [-0.1, -0.05) is 276 Å². The SMILES string of the molecule is CCCCCCCC/C=C\CCCCCCCCCCCC(=O)OCC(COC(=O)CCCCCCCCCCC/C=C\CCCCCCCC)OC(=O)CCCCCCCCC/C=C\CCCCCCCC. The first-order valence-electron chi connectivity index (χ1n) is 32.5. The molecule has 73 heavy (non-hydrogen) atoms. The van der Waals surface area contributed by atoms with Crippen LogP contribution in [0.25, 0.3) is 0 Å². The Morgan fingerprint density at radius 1 is 0.260 bits per heavy atom. The molecule has 0 radical (unpaired) electrons. The Morgan fingerprint density at radius 3 is 0.685 bits per heavy atom. The van der Waals surface area contributed by atoms with E-state index >= 15 is 0 Å². The summed E-state index contributed by atoms with van der Waals surface area (Å²) in [5.74, 6) is -0.858. The van der Waals surface area contributed by atoms with E-state index < -0.39 is 6.10 Å². The van der Waals surface area contributed by atoms with Gasteiger partial charge in [-0.15, -0.1) is 0 Å². The number of allylic oxidation sites excluding steroid dienone is 6. The van der Waals surface area contributed by atoms with Crippen molar-refractivity contribution in [3.05, 3.63) is 36.5 Å². The number of esters is 3. The van der Waals surface area contributed by atoms with Crippen molar-refractivity contribution >= 4 is 17.9 Å². The maximum Gasteiger partial charge on any atom is 0.306 e. The van der Waals surface area contributed by atoms with Crippen LogP contribution in [0.4, 0.5) is 0 Å². The van der Waals surface area contributed by atoms with E-state index in [1.54, 1.807) is 0 Å². The van der Waals surface area contributed by atoms with Crippen LogP contribution in [0.5, 0.6) is 0 Å². The van der Waals surface area contributed by atoms with Gasteiger partial charge in [-0.3, -0.25) is 14.4 Å². The molecular weight excluding hydrogens is 901 g/mol. The molecule has 0 spiro atoms. The van der Waals surface area contributed by atoms with Crippen LogP contribution in [-0.4, -0.2) is 37.2 Å². The van der Waals surface area contributed by atoms with Crippen molar-refractivity contribution in [3.63, 3.8) is 0 Å². The maximum absolute atomic E-state index is 12.9. The molecule has 0 aromatic rings. The van der Waals surface area contributed by atoms with Gasteiger partial charge < -0.3 is 14.2 Å². The molecule has 0 bridgehead atoms. The van der Waals surface area contributed by atoms with Crippen LogP contribution in [0.15, 0.2) is 36.5 Å². The number of unbranched alkanes of at least 4 members (excludes halogenated alkanes) is 43. The molecule has 428 valence electrons. The first kappa shape index (κ1) is 70.6. The summed E-state index contributed by atoms with van der Waals surface area (Å²) in [6, 6.07) is 0. The molecule has 0 N–H and O–H groups in total. The first-order chi connectivity index (χ1) is 36.0. The van der Waals surface area contributed by atoms with Crippen molar-refractivity contribution in [2.45, 2.75) is 361 Å². The fourth-order valence-corrected chi connectivity index (χ4v) is 9.67. The standard InChI is InChI=1S/C67H124O6/c1-4-7-10-13-16-19-22-25-28-31-33-36-38-41-44-47-50-53-56-59-65(68)71-62-64(73-67(70)61-58-55-52-49-46-43-40-35-30-27-24-21-18-15-12-9-6-3)63-72-66(69)60-57-54-51-48-45-42-39-37-34-32-29-26-23-20-17-14-11-8-5-2/h25-30,64H,4-24,31-63H2,1-3H3/b28-25-,29-26-,30-27-. The van der Waals surface area contributed by atoms with E-state index in [2.05, 4.69) is 57.2 Å². The number of ether oxygens (including phenoxy) is 3. The van der Waals surface area contributed by atoms with E-state index in [-0.39, 0.29) is 31.1 Å². The van der Waals surface area contributed by atoms with E-state index in [1.807, 2.05) is 0 Å². The van der Waals surface area contributed by atoms with Gasteiger partial charge in [0.15, 0.2) is 6.10 Å². The van der Waals surface area contributed by atoms with Crippen molar-refractivity contribution in [2.24, 2.45) is 0 Å². The molecule has 0 fully saturated rings. The molecule has 0 atom stereocenters. The first-order valence-corrected chi connectivity index (χ1v) is 32.5. The highest BCUT2D eigenvalue weighted by molar-refractivity contribution is 5.71. The quantitative estimate of drug-likeness (QED) is 0.0261. The lowest BCUT2D eigenvalue weighted by atomic mass is 10.1. The highest BCUT2D eigenvalue weighted by Gasteiger charge is 2.19. The molecule has 0 saturated carbocycles. The summed E-state index contributed by atoms with van der Waals surface area (Å²) in [7, 11) is 0. The lowest BCUT2D eigenvalue weighted by Gasteiger charge is -2.18. The monoisotopic (exact) mass is 1020 g/mol. The Bertz CT molecular complexity index is 1160. The third kappa shape index (κ3) is 60.4. The molecule has 0 unspecified atom stereocenters. The predicted molar refractivity (Wildman–Crippen MR) is 316 cm³/mol. The van der Waals surface area contributed by atoms with Crippen LogP contribution >= 0.6 is 0 Å². The summed E-state index contributed by atoms with van der Waals surface area (Å²) in [5.41, 5.74) is 0. The van der Waals surface area contributed by atoms with Gasteiger partial charge in [-0.2, -0.15) is 0 Å². The van der Waals surface area contributed by atoms with E-state index in [9.17, 15) is 14.4 Å². The molecule has 0 aliphatic rings. The third-order valence-corrected chi connectivity index (χ3v) is 14.6. The fraction of sp³-hybridized carbons (Fsp3) is 0.866. The molecule has 0 aliphatic carbocycles. The molecule has 0 amide bonds. The summed E-state index contributed by atoms with van der Waals surface area (Å²) in [6.07, 6.45) is 75.7. The van der Waals surface area contributed by atoms with Crippen molar-refractivity contribution in [1.29, 1.82) is 0 Å². The topological polar surface area (TPSA) is 78.9 Å². The average Bonchev–Trinajstić information content (AvgIpc) is 3.39. The van der Waals surface area contributed by atoms with Gasteiger partial charge in [0.1, 0.15) is 13.2 Å². The normalized spacial score (nSPS) is 11.8. The van der Waals surface area contributed by atoms with E-state index in [1.165, 1.54) is 257 Å². The van der Waals surface area contributed by atoms with Gasteiger partial charge >= 0.3 is 17.9 Å². The number of carbonyl (C=O) groups excluding carboxylic acids is 3. The molecule has 0 rings (SSSR count). The van der Waals surface area contributed by atoms with Gasteiger partial charge in [-0.05, 0) is 96.3 Å². The highest BCUT2D eigenvalue weighted by Crippen LogP contribution is 2.17. The van der Waals surface area contributed by atoms with Crippen LogP contribution in [0, 0.1) is 0 Å². The zero-order valence-corrected chi connectivity index (χ0v) is 49.2. The lowest BCUT2D eigenvalue weighted by molar-refractivity contribution is -0.167. The molecule has 0 aromatic heterocycles. The van der Waals surface area contributed by atoms with Crippen LogP contribution in [-0.2, 0) is 28.6 Å². The third-order valence-electron chi connectivity index (χ3n) is 14.6. The van der Waals surface area contributed by atoms with Gasteiger partial charge in [-0.25, -0.2) is 0 Å². The Morgan fingerprint density at radius 2 is 0.452 bits per heavy atom. The molecular formula is C67H124O6. The Hall–Kier alpha value is -2.37. The minimum Gasteiger partial charge on any atom is -0.462 e. The predicted octanol–water partition coefficient (Wildman–Crippen LogP) is 22.0. The maximum atomic E-state index is 12.9. The van der Waals surface area contributed by atoms with E-state index in [4.69, 9.17) is 14.2 Å². The van der Waals surface area contributed by atoms with Crippen molar-refractivity contribution in [3.8, 4) is 0 Å². The van der Waals surface area contributed by atoms with Gasteiger partial charge in [0.25, 0.3) is 0 Å². The highest BCUT2D eigenvalue weighted by atomic mass is 16.6. The fourth-order valence-electron chi connectivity index (χ4n) is 9.67. The zero-order chi connectivity index (χ0) is 52.9.